The van der Waals surface area contributed by atoms with E-state index in [0.717, 1.165) is 25.3 Å². The fourth-order valence-corrected chi connectivity index (χ4v) is 4.57. The zero-order valence-corrected chi connectivity index (χ0v) is 13.8. The molecular weight excluding hydrogens is 304 g/mol. The zero-order valence-electron chi connectivity index (χ0n) is 13.0. The van der Waals surface area contributed by atoms with Gasteiger partial charge in [0.1, 0.15) is 5.25 Å². The average molecular weight is 324 g/mol. The molecule has 0 fully saturated rings. The number of aryl methyl sites for hydroxylation is 1. The summed E-state index contributed by atoms with van der Waals surface area (Å²) in [5.41, 5.74) is 6.40. The van der Waals surface area contributed by atoms with E-state index in [-0.39, 0.29) is 11.2 Å². The Kier molecular flexibility index (Phi) is 4.10. The Morgan fingerprint density at radius 3 is 2.96 bits per heavy atom. The average Bonchev–Trinajstić information content (AvgIpc) is 3.07. The van der Waals surface area contributed by atoms with Crippen LogP contribution in [0, 0.1) is 0 Å². The van der Waals surface area contributed by atoms with Crippen LogP contribution in [-0.4, -0.2) is 11.7 Å². The van der Waals surface area contributed by atoms with Gasteiger partial charge < -0.3 is 10.6 Å². The van der Waals surface area contributed by atoms with Crippen molar-refractivity contribution >= 4 is 17.7 Å². The van der Waals surface area contributed by atoms with Gasteiger partial charge in [0, 0.05) is 19.6 Å². The van der Waals surface area contributed by atoms with Gasteiger partial charge in [-0.25, -0.2) is 0 Å². The maximum Gasteiger partial charge on any atom is 0.237 e. The molecule has 0 saturated carbocycles. The molecule has 1 amide bonds. The molecule has 0 radical (unpaired) electrons. The first kappa shape index (κ1) is 14.8. The van der Waals surface area contributed by atoms with E-state index in [4.69, 9.17) is 0 Å². The summed E-state index contributed by atoms with van der Waals surface area (Å²) < 4.78 is 0. The highest BCUT2D eigenvalue weighted by atomic mass is 32.2. The first-order chi connectivity index (χ1) is 11.3. The molecule has 4 heteroatoms. The van der Waals surface area contributed by atoms with Crippen molar-refractivity contribution in [1.82, 2.24) is 10.6 Å². The third-order valence-corrected chi connectivity index (χ3v) is 5.84. The van der Waals surface area contributed by atoms with E-state index >= 15 is 0 Å². The Bertz CT molecular complexity index is 744. The molecule has 0 bridgehead atoms. The second-order valence-corrected chi connectivity index (χ2v) is 7.34. The minimum atomic E-state index is -0.0731. The van der Waals surface area contributed by atoms with Crippen LogP contribution in [-0.2, 0) is 30.8 Å². The van der Waals surface area contributed by atoms with E-state index in [1.807, 2.05) is 6.07 Å². The second-order valence-electron chi connectivity index (χ2n) is 6.12. The Balaban J connectivity index is 1.45. The molecule has 0 aromatic heterocycles. The number of nitrogens with one attached hydrogen (secondary N) is 2. The largest absolute Gasteiger partial charge is 0.351 e. The smallest absolute Gasteiger partial charge is 0.237 e. The Labute approximate surface area is 140 Å². The third-order valence-electron chi connectivity index (χ3n) is 4.60. The van der Waals surface area contributed by atoms with Crippen molar-refractivity contribution in [2.24, 2.45) is 0 Å². The lowest BCUT2D eigenvalue weighted by Gasteiger charge is -2.24. The molecule has 118 valence electrons. The van der Waals surface area contributed by atoms with Gasteiger partial charge in [-0.3, -0.25) is 4.79 Å². The molecule has 3 nitrogen and oxygen atoms in total. The summed E-state index contributed by atoms with van der Waals surface area (Å²) in [5.74, 6) is 1.14. The number of carbonyl (C=O) groups excluding carboxylic acids is 1. The molecule has 0 saturated heterocycles. The van der Waals surface area contributed by atoms with Gasteiger partial charge in [0.25, 0.3) is 0 Å². The molecule has 1 unspecified atom stereocenters. The van der Waals surface area contributed by atoms with Gasteiger partial charge in [0.2, 0.25) is 5.91 Å². The van der Waals surface area contributed by atoms with Crippen molar-refractivity contribution in [1.29, 1.82) is 0 Å². The summed E-state index contributed by atoms with van der Waals surface area (Å²) in [5, 5.41) is 6.40. The van der Waals surface area contributed by atoms with Crippen LogP contribution in [0.15, 0.2) is 42.5 Å². The van der Waals surface area contributed by atoms with Crippen LogP contribution in [0.2, 0.25) is 0 Å². The standard InChI is InChI=1S/C19H20N2OS/c22-19(18-17-4-2-1-3-14(17)7-8-23-18)21-10-13-5-6-15-11-20-12-16(15)9-13/h1-6,9,18,20H,7-8,10-12H2,(H,21,22). The number of fused-ring (bicyclic) bond motifs is 2. The van der Waals surface area contributed by atoms with E-state index in [1.54, 1.807) is 11.8 Å². The van der Waals surface area contributed by atoms with Crippen molar-refractivity contribution in [2.75, 3.05) is 5.75 Å². The molecule has 23 heavy (non-hydrogen) atoms. The molecule has 0 aliphatic carbocycles. The van der Waals surface area contributed by atoms with Crippen LogP contribution in [0.3, 0.4) is 0 Å². The summed E-state index contributed by atoms with van der Waals surface area (Å²) in [4.78, 5) is 12.6. The minimum absolute atomic E-state index is 0.0731. The van der Waals surface area contributed by atoms with Crippen molar-refractivity contribution in [2.45, 2.75) is 31.3 Å². The van der Waals surface area contributed by atoms with Crippen LogP contribution < -0.4 is 10.6 Å². The SMILES string of the molecule is O=C(NCc1ccc2c(c1)CNC2)C1SCCc2ccccc21. The minimum Gasteiger partial charge on any atom is -0.351 e. The highest BCUT2D eigenvalue weighted by molar-refractivity contribution is 8.00. The first-order valence-electron chi connectivity index (χ1n) is 8.10. The summed E-state index contributed by atoms with van der Waals surface area (Å²) in [6.07, 6.45) is 1.06. The predicted octanol–water partition coefficient (Wildman–Crippen LogP) is 2.94. The topological polar surface area (TPSA) is 41.1 Å². The van der Waals surface area contributed by atoms with Gasteiger partial charge >= 0.3 is 0 Å². The lowest BCUT2D eigenvalue weighted by Crippen LogP contribution is -2.29. The van der Waals surface area contributed by atoms with E-state index in [0.29, 0.717) is 6.54 Å². The highest BCUT2D eigenvalue weighted by Crippen LogP contribution is 2.36. The predicted molar refractivity (Wildman–Crippen MR) is 94.2 cm³/mol. The lowest BCUT2D eigenvalue weighted by atomic mass is 10.0. The number of thioether (sulfide) groups is 1. The van der Waals surface area contributed by atoms with Crippen LogP contribution in [0.1, 0.15) is 33.1 Å². The number of benzene rings is 2. The molecule has 2 aliphatic rings. The van der Waals surface area contributed by atoms with Gasteiger partial charge in [-0.15, -0.1) is 11.8 Å². The Hall–Kier alpha value is -1.78. The third kappa shape index (κ3) is 3.01. The monoisotopic (exact) mass is 324 g/mol. The highest BCUT2D eigenvalue weighted by Gasteiger charge is 2.26. The van der Waals surface area contributed by atoms with Crippen molar-refractivity contribution in [3.8, 4) is 0 Å². The normalized spacial score (nSPS) is 19.0. The van der Waals surface area contributed by atoms with Crippen molar-refractivity contribution < 1.29 is 4.79 Å². The maximum absolute atomic E-state index is 12.6. The maximum atomic E-state index is 12.6. The van der Waals surface area contributed by atoms with Gasteiger partial charge in [0.05, 0.1) is 0 Å². The fourth-order valence-electron chi connectivity index (χ4n) is 3.35. The van der Waals surface area contributed by atoms with Crippen LogP contribution in [0.25, 0.3) is 0 Å². The van der Waals surface area contributed by atoms with Crippen LogP contribution in [0.4, 0.5) is 0 Å². The Morgan fingerprint density at radius 2 is 2.00 bits per heavy atom. The van der Waals surface area contributed by atoms with Crippen LogP contribution >= 0.6 is 11.8 Å². The van der Waals surface area contributed by atoms with Crippen molar-refractivity contribution in [3.63, 3.8) is 0 Å². The number of hydrogen-bond acceptors (Lipinski definition) is 3. The molecular formula is C19H20N2OS. The van der Waals surface area contributed by atoms with E-state index in [2.05, 4.69) is 47.0 Å². The quantitative estimate of drug-likeness (QED) is 0.912. The summed E-state index contributed by atoms with van der Waals surface area (Å²) in [7, 11) is 0. The molecule has 0 spiro atoms. The second kappa shape index (κ2) is 6.38. The van der Waals surface area contributed by atoms with E-state index in [1.165, 1.54) is 27.8 Å². The van der Waals surface area contributed by atoms with Crippen LogP contribution in [0.5, 0.6) is 0 Å². The van der Waals surface area contributed by atoms with Gasteiger partial charge in [0.15, 0.2) is 0 Å². The number of hydrogen-bond donors (Lipinski definition) is 2. The first-order valence-corrected chi connectivity index (χ1v) is 9.14. The van der Waals surface area contributed by atoms with E-state index < -0.39 is 0 Å². The van der Waals surface area contributed by atoms with Gasteiger partial charge in [-0.1, -0.05) is 42.5 Å². The molecule has 2 N–H and O–H groups in total. The molecule has 2 aromatic rings. The number of rotatable bonds is 3. The molecule has 2 aromatic carbocycles. The summed E-state index contributed by atoms with van der Waals surface area (Å²) >= 11 is 1.75. The van der Waals surface area contributed by atoms with E-state index in [9.17, 15) is 4.79 Å². The van der Waals surface area contributed by atoms with Crippen molar-refractivity contribution in [3.05, 3.63) is 70.3 Å². The molecule has 4 rings (SSSR count). The Morgan fingerprint density at radius 1 is 1.13 bits per heavy atom. The van der Waals surface area contributed by atoms with Gasteiger partial charge in [-0.05, 0) is 40.0 Å². The molecule has 2 heterocycles. The molecule has 2 aliphatic heterocycles. The zero-order chi connectivity index (χ0) is 15.6. The number of amides is 1. The van der Waals surface area contributed by atoms with Gasteiger partial charge in [-0.2, -0.15) is 0 Å². The summed E-state index contributed by atoms with van der Waals surface area (Å²) in [6.45, 7) is 2.49. The number of carbonyl (C=O) groups is 1. The fraction of sp³-hybridized carbons (Fsp3) is 0.316. The lowest BCUT2D eigenvalue weighted by molar-refractivity contribution is -0.120. The molecule has 1 atom stereocenters. The summed E-state index contributed by atoms with van der Waals surface area (Å²) in [6, 6.07) is 14.8.